The normalized spacial score (nSPS) is 17.2. The maximum Gasteiger partial charge on any atom is 0.224 e. The third-order valence-electron chi connectivity index (χ3n) is 3.66. The van der Waals surface area contributed by atoms with Crippen LogP contribution in [-0.4, -0.2) is 37.6 Å². The van der Waals surface area contributed by atoms with Crippen LogP contribution >= 0.6 is 28.3 Å². The molecule has 0 aromatic heterocycles. The van der Waals surface area contributed by atoms with Crippen molar-refractivity contribution in [3.8, 4) is 5.75 Å². The number of amides is 1. The van der Waals surface area contributed by atoms with E-state index in [4.69, 9.17) is 4.74 Å². The van der Waals surface area contributed by atoms with Crippen molar-refractivity contribution in [1.82, 2.24) is 10.2 Å². The van der Waals surface area contributed by atoms with Gasteiger partial charge in [0.05, 0.1) is 7.11 Å². The average Bonchev–Trinajstić information content (AvgIpc) is 2.91. The van der Waals surface area contributed by atoms with Crippen molar-refractivity contribution in [1.29, 1.82) is 0 Å². The minimum Gasteiger partial charge on any atom is -0.496 e. The van der Waals surface area contributed by atoms with Crippen molar-refractivity contribution >= 4 is 34.2 Å². The molecule has 21 heavy (non-hydrogen) atoms. The first-order valence-electron chi connectivity index (χ1n) is 6.90. The van der Waals surface area contributed by atoms with Gasteiger partial charge in [-0.1, -0.05) is 15.9 Å². The summed E-state index contributed by atoms with van der Waals surface area (Å²) in [6.45, 7) is 1.59. The summed E-state index contributed by atoms with van der Waals surface area (Å²) in [4.78, 5) is 14.0. The SMILES string of the molecule is COc1ccc(Br)cc1CN(C)C(=O)CC1CCCN1.Cl. The molecule has 1 fully saturated rings. The average molecular weight is 378 g/mol. The predicted molar refractivity (Wildman–Crippen MR) is 90.1 cm³/mol. The third-order valence-corrected chi connectivity index (χ3v) is 4.15. The van der Waals surface area contributed by atoms with Crippen LogP contribution in [0.15, 0.2) is 22.7 Å². The minimum absolute atomic E-state index is 0. The smallest absolute Gasteiger partial charge is 0.224 e. The van der Waals surface area contributed by atoms with E-state index in [9.17, 15) is 4.79 Å². The highest BCUT2D eigenvalue weighted by atomic mass is 79.9. The van der Waals surface area contributed by atoms with Crippen molar-refractivity contribution in [2.24, 2.45) is 0 Å². The molecular formula is C15H22BrClN2O2. The molecule has 1 saturated heterocycles. The molecule has 1 heterocycles. The first-order chi connectivity index (χ1) is 9.60. The monoisotopic (exact) mass is 376 g/mol. The van der Waals surface area contributed by atoms with E-state index in [1.165, 1.54) is 6.42 Å². The van der Waals surface area contributed by atoms with Crippen LogP contribution in [0, 0.1) is 0 Å². The second-order valence-corrected chi connectivity index (χ2v) is 6.12. The Bertz CT molecular complexity index is 479. The molecule has 2 rings (SSSR count). The van der Waals surface area contributed by atoms with Crippen LogP contribution < -0.4 is 10.1 Å². The number of hydrogen-bond donors (Lipinski definition) is 1. The predicted octanol–water partition coefficient (Wildman–Crippen LogP) is 2.98. The van der Waals surface area contributed by atoms with Crippen LogP contribution in [0.3, 0.4) is 0 Å². The number of carbonyl (C=O) groups excluding carboxylic acids is 1. The Kier molecular flexibility index (Phi) is 7.49. The highest BCUT2D eigenvalue weighted by Crippen LogP contribution is 2.24. The Morgan fingerprint density at radius 1 is 1.52 bits per heavy atom. The largest absolute Gasteiger partial charge is 0.496 e. The van der Waals surface area contributed by atoms with Crippen LogP contribution in [-0.2, 0) is 11.3 Å². The van der Waals surface area contributed by atoms with Crippen molar-refractivity contribution in [2.75, 3.05) is 20.7 Å². The Morgan fingerprint density at radius 2 is 2.29 bits per heavy atom. The quantitative estimate of drug-likeness (QED) is 0.858. The van der Waals surface area contributed by atoms with E-state index in [0.717, 1.165) is 28.8 Å². The van der Waals surface area contributed by atoms with Crippen molar-refractivity contribution < 1.29 is 9.53 Å². The number of nitrogens with zero attached hydrogens (tertiary/aromatic N) is 1. The van der Waals surface area contributed by atoms with Gasteiger partial charge in [-0.05, 0) is 37.6 Å². The van der Waals surface area contributed by atoms with Gasteiger partial charge in [0.2, 0.25) is 5.91 Å². The van der Waals surface area contributed by atoms with Gasteiger partial charge < -0.3 is 15.0 Å². The number of hydrogen-bond acceptors (Lipinski definition) is 3. The fourth-order valence-electron chi connectivity index (χ4n) is 2.51. The molecule has 1 aromatic rings. The van der Waals surface area contributed by atoms with Gasteiger partial charge in [0.15, 0.2) is 0 Å². The summed E-state index contributed by atoms with van der Waals surface area (Å²) in [7, 11) is 3.49. The molecular weight excluding hydrogens is 356 g/mol. The van der Waals surface area contributed by atoms with Crippen LogP contribution in [0.1, 0.15) is 24.8 Å². The maximum absolute atomic E-state index is 12.2. The Labute approximate surface area is 140 Å². The minimum atomic E-state index is 0. The number of rotatable bonds is 5. The molecule has 0 radical (unpaired) electrons. The van der Waals surface area contributed by atoms with Gasteiger partial charge in [0.1, 0.15) is 5.75 Å². The molecule has 1 atom stereocenters. The van der Waals surface area contributed by atoms with Gasteiger partial charge in [0, 0.05) is 36.1 Å². The van der Waals surface area contributed by atoms with Crippen LogP contribution in [0.2, 0.25) is 0 Å². The lowest BCUT2D eigenvalue weighted by Crippen LogP contribution is -2.33. The molecule has 0 saturated carbocycles. The summed E-state index contributed by atoms with van der Waals surface area (Å²) in [5.74, 6) is 0.985. The second kappa shape index (κ2) is 8.61. The number of benzene rings is 1. The molecule has 1 N–H and O–H groups in total. The Hall–Kier alpha value is -0.780. The second-order valence-electron chi connectivity index (χ2n) is 5.20. The summed E-state index contributed by atoms with van der Waals surface area (Å²) >= 11 is 3.45. The Balaban J connectivity index is 0.00000220. The third kappa shape index (κ3) is 5.16. The zero-order chi connectivity index (χ0) is 14.5. The first kappa shape index (κ1) is 18.3. The van der Waals surface area contributed by atoms with Crippen LogP contribution in [0.5, 0.6) is 5.75 Å². The van der Waals surface area contributed by atoms with Gasteiger partial charge in [-0.25, -0.2) is 0 Å². The van der Waals surface area contributed by atoms with Crippen LogP contribution in [0.25, 0.3) is 0 Å². The number of nitrogens with one attached hydrogen (secondary N) is 1. The lowest BCUT2D eigenvalue weighted by atomic mass is 10.1. The topological polar surface area (TPSA) is 41.6 Å². The zero-order valence-corrected chi connectivity index (χ0v) is 14.8. The summed E-state index contributed by atoms with van der Waals surface area (Å²) in [6, 6.07) is 6.19. The summed E-state index contributed by atoms with van der Waals surface area (Å²) < 4.78 is 6.34. The van der Waals surface area contributed by atoms with Crippen molar-refractivity contribution in [3.63, 3.8) is 0 Å². The van der Waals surface area contributed by atoms with E-state index in [1.54, 1.807) is 12.0 Å². The fraction of sp³-hybridized carbons (Fsp3) is 0.533. The van der Waals surface area contributed by atoms with Crippen molar-refractivity contribution in [2.45, 2.75) is 31.8 Å². The molecule has 118 valence electrons. The molecule has 1 unspecified atom stereocenters. The molecule has 1 aliphatic heterocycles. The zero-order valence-electron chi connectivity index (χ0n) is 12.4. The van der Waals surface area contributed by atoms with Gasteiger partial charge in [0.25, 0.3) is 0 Å². The Morgan fingerprint density at radius 3 is 2.90 bits per heavy atom. The summed E-state index contributed by atoms with van der Waals surface area (Å²) in [5, 5.41) is 3.36. The van der Waals surface area contributed by atoms with E-state index in [0.29, 0.717) is 19.0 Å². The van der Waals surface area contributed by atoms with Crippen molar-refractivity contribution in [3.05, 3.63) is 28.2 Å². The molecule has 0 aliphatic carbocycles. The number of ether oxygens (including phenoxy) is 1. The molecule has 1 aromatic carbocycles. The van der Waals surface area contributed by atoms with Gasteiger partial charge in [-0.3, -0.25) is 4.79 Å². The van der Waals surface area contributed by atoms with Crippen LogP contribution in [0.4, 0.5) is 0 Å². The standard InChI is InChI=1S/C15H21BrN2O2.ClH/c1-18(15(19)9-13-4-3-7-17-13)10-11-8-12(16)5-6-14(11)20-2;/h5-6,8,13,17H,3-4,7,9-10H2,1-2H3;1H. The highest BCUT2D eigenvalue weighted by Gasteiger charge is 2.20. The number of halogens is 2. The van der Waals surface area contributed by atoms with E-state index < -0.39 is 0 Å². The number of carbonyl (C=O) groups is 1. The van der Waals surface area contributed by atoms with Gasteiger partial charge in [-0.15, -0.1) is 12.4 Å². The highest BCUT2D eigenvalue weighted by molar-refractivity contribution is 9.10. The lowest BCUT2D eigenvalue weighted by molar-refractivity contribution is -0.130. The molecule has 4 nitrogen and oxygen atoms in total. The van der Waals surface area contributed by atoms with Gasteiger partial charge in [-0.2, -0.15) is 0 Å². The fourth-order valence-corrected chi connectivity index (χ4v) is 2.92. The van der Waals surface area contributed by atoms with E-state index in [2.05, 4.69) is 21.2 Å². The molecule has 1 aliphatic rings. The lowest BCUT2D eigenvalue weighted by Gasteiger charge is -2.21. The molecule has 0 bridgehead atoms. The maximum atomic E-state index is 12.2. The van der Waals surface area contributed by atoms with E-state index in [-0.39, 0.29) is 18.3 Å². The summed E-state index contributed by atoms with van der Waals surface area (Å²) in [6.07, 6.45) is 2.84. The molecule has 0 spiro atoms. The number of methoxy groups -OCH3 is 1. The first-order valence-corrected chi connectivity index (χ1v) is 7.69. The van der Waals surface area contributed by atoms with E-state index >= 15 is 0 Å². The molecule has 6 heteroatoms. The summed E-state index contributed by atoms with van der Waals surface area (Å²) in [5.41, 5.74) is 1.01. The van der Waals surface area contributed by atoms with E-state index in [1.807, 2.05) is 25.2 Å². The molecule has 1 amide bonds. The van der Waals surface area contributed by atoms with Gasteiger partial charge >= 0.3 is 0 Å².